The summed E-state index contributed by atoms with van der Waals surface area (Å²) in [6.07, 6.45) is 0. The van der Waals surface area contributed by atoms with Crippen LogP contribution in [0.5, 0.6) is 0 Å². The normalized spacial score (nSPS) is 11.7. The molecule has 0 radical (unpaired) electrons. The first-order valence-electron chi connectivity index (χ1n) is 7.17. The molecule has 0 aliphatic rings. The molecule has 0 spiro atoms. The van der Waals surface area contributed by atoms with Crippen LogP contribution >= 0.6 is 11.3 Å². The molecule has 10 heteroatoms. The highest BCUT2D eigenvalue weighted by Crippen LogP contribution is 2.28. The molecule has 0 saturated heterocycles. The van der Waals surface area contributed by atoms with Crippen molar-refractivity contribution in [3.8, 4) is 6.07 Å². The highest BCUT2D eigenvalue weighted by molar-refractivity contribution is 7.19. The summed E-state index contributed by atoms with van der Waals surface area (Å²) in [6, 6.07) is 9.90. The maximum absolute atomic E-state index is 11.9. The van der Waals surface area contributed by atoms with E-state index in [9.17, 15) is 24.8 Å². The van der Waals surface area contributed by atoms with Crippen molar-refractivity contribution in [1.82, 2.24) is 15.0 Å². The average molecular weight is 370 g/mol. The Labute approximate surface area is 148 Å². The Morgan fingerprint density at radius 3 is 2.77 bits per heavy atom. The summed E-state index contributed by atoms with van der Waals surface area (Å²) in [6.45, 7) is -0.619. The molecule has 0 saturated carbocycles. The number of carbonyl (C=O) groups is 1. The third kappa shape index (κ3) is 3.52. The summed E-state index contributed by atoms with van der Waals surface area (Å²) in [5.41, 5.74) is -1.46. The second kappa shape index (κ2) is 7.04. The van der Waals surface area contributed by atoms with Gasteiger partial charge in [-0.15, -0.1) is 11.3 Å². The summed E-state index contributed by atoms with van der Waals surface area (Å²) in [7, 11) is 0. The van der Waals surface area contributed by atoms with Crippen molar-refractivity contribution in [1.29, 1.82) is 5.26 Å². The molecule has 0 unspecified atom stereocenters. The molecule has 0 aliphatic carbocycles. The van der Waals surface area contributed by atoms with Crippen LogP contribution in [0, 0.1) is 11.3 Å². The lowest BCUT2D eigenvalue weighted by Crippen LogP contribution is -2.25. The SMILES string of the molecule is N#CC(=C(O)COC(=O)c1cc(=O)[nH]c(=O)[nH]1)c1nc2ccccc2s1. The van der Waals surface area contributed by atoms with E-state index in [1.54, 1.807) is 12.1 Å². The van der Waals surface area contributed by atoms with Gasteiger partial charge < -0.3 is 14.8 Å². The van der Waals surface area contributed by atoms with Crippen LogP contribution in [0.1, 0.15) is 15.5 Å². The van der Waals surface area contributed by atoms with E-state index >= 15 is 0 Å². The predicted octanol–water partition coefficient (Wildman–Crippen LogP) is 1.32. The number of rotatable bonds is 4. The van der Waals surface area contributed by atoms with Gasteiger partial charge in [0.25, 0.3) is 5.56 Å². The van der Waals surface area contributed by atoms with Gasteiger partial charge in [-0.05, 0) is 12.1 Å². The first-order chi connectivity index (χ1) is 12.5. The Balaban J connectivity index is 1.83. The fourth-order valence-corrected chi connectivity index (χ4v) is 3.06. The lowest BCUT2D eigenvalue weighted by Gasteiger charge is -2.05. The maximum atomic E-state index is 11.9. The van der Waals surface area contributed by atoms with E-state index in [-0.39, 0.29) is 16.3 Å². The van der Waals surface area contributed by atoms with Crippen LogP contribution in [0.15, 0.2) is 45.7 Å². The Morgan fingerprint density at radius 2 is 2.08 bits per heavy atom. The molecular formula is C16H10N4O5S. The number of H-pyrrole nitrogens is 2. The van der Waals surface area contributed by atoms with E-state index in [0.717, 1.165) is 10.8 Å². The standard InChI is InChI=1S/C16H10N4O5S/c17-6-8(14-18-9-3-1-2-4-12(9)26-14)11(21)7-25-15(23)10-5-13(22)20-16(24)19-10/h1-5,21H,7H2,(H2,19,20,22,24). The van der Waals surface area contributed by atoms with E-state index in [0.29, 0.717) is 5.52 Å². The van der Waals surface area contributed by atoms with Crippen molar-refractivity contribution < 1.29 is 14.6 Å². The van der Waals surface area contributed by atoms with Crippen molar-refractivity contribution in [3.63, 3.8) is 0 Å². The molecule has 0 amide bonds. The maximum Gasteiger partial charge on any atom is 0.355 e. The number of allylic oxidation sites excluding steroid dienone is 1. The van der Waals surface area contributed by atoms with Gasteiger partial charge in [0.15, 0.2) is 5.76 Å². The first-order valence-corrected chi connectivity index (χ1v) is 7.98. The van der Waals surface area contributed by atoms with Gasteiger partial charge in [-0.3, -0.25) is 9.78 Å². The Bertz CT molecular complexity index is 1120. The minimum absolute atomic E-state index is 0.126. The largest absolute Gasteiger partial charge is 0.507 e. The van der Waals surface area contributed by atoms with Gasteiger partial charge in [-0.25, -0.2) is 14.6 Å². The van der Waals surface area contributed by atoms with Gasteiger partial charge in [-0.2, -0.15) is 5.26 Å². The highest BCUT2D eigenvalue weighted by Gasteiger charge is 2.16. The Hall–Kier alpha value is -3.71. The number of nitrogens with zero attached hydrogens (tertiary/aromatic N) is 2. The molecule has 2 heterocycles. The van der Waals surface area contributed by atoms with Crippen LogP contribution in [0.2, 0.25) is 0 Å². The number of fused-ring (bicyclic) bond motifs is 1. The molecule has 3 rings (SSSR count). The molecule has 9 nitrogen and oxygen atoms in total. The van der Waals surface area contributed by atoms with Crippen LogP contribution in [0.25, 0.3) is 15.8 Å². The van der Waals surface area contributed by atoms with Gasteiger partial charge in [0.2, 0.25) is 0 Å². The van der Waals surface area contributed by atoms with Crippen molar-refractivity contribution >= 4 is 33.1 Å². The number of para-hydroxylation sites is 1. The van der Waals surface area contributed by atoms with E-state index in [1.807, 2.05) is 23.2 Å². The number of esters is 1. The number of aromatic amines is 2. The van der Waals surface area contributed by atoms with Crippen molar-refractivity contribution in [3.05, 3.63) is 67.6 Å². The fourth-order valence-electron chi connectivity index (χ4n) is 2.08. The zero-order valence-corrected chi connectivity index (χ0v) is 13.8. The van der Waals surface area contributed by atoms with Crippen molar-refractivity contribution in [2.24, 2.45) is 0 Å². The van der Waals surface area contributed by atoms with Gasteiger partial charge in [-0.1, -0.05) is 12.1 Å². The quantitative estimate of drug-likeness (QED) is 0.356. The van der Waals surface area contributed by atoms with Crippen LogP contribution in [0.3, 0.4) is 0 Å². The number of nitrogens with one attached hydrogen (secondary N) is 2. The van der Waals surface area contributed by atoms with Crippen LogP contribution in [0.4, 0.5) is 0 Å². The summed E-state index contributed by atoms with van der Waals surface area (Å²) in [5, 5.41) is 19.7. The predicted molar refractivity (Wildman–Crippen MR) is 92.7 cm³/mol. The first kappa shape index (κ1) is 17.1. The monoisotopic (exact) mass is 370 g/mol. The summed E-state index contributed by atoms with van der Waals surface area (Å²) < 4.78 is 5.67. The number of hydrogen-bond donors (Lipinski definition) is 3. The third-order valence-corrected chi connectivity index (χ3v) is 4.28. The molecule has 130 valence electrons. The van der Waals surface area contributed by atoms with Crippen molar-refractivity contribution in [2.45, 2.75) is 0 Å². The number of hydrogen-bond acceptors (Lipinski definition) is 8. The van der Waals surface area contributed by atoms with Gasteiger partial charge in [0, 0.05) is 6.07 Å². The number of nitriles is 1. The van der Waals surface area contributed by atoms with Gasteiger partial charge in [0.05, 0.1) is 10.2 Å². The molecular weight excluding hydrogens is 360 g/mol. The smallest absolute Gasteiger partial charge is 0.355 e. The summed E-state index contributed by atoms with van der Waals surface area (Å²) >= 11 is 1.21. The minimum atomic E-state index is -1.03. The number of aliphatic hydroxyl groups excluding tert-OH is 1. The molecule has 3 aromatic rings. The number of benzene rings is 1. The van der Waals surface area contributed by atoms with Crippen LogP contribution in [-0.4, -0.2) is 32.6 Å². The zero-order valence-electron chi connectivity index (χ0n) is 13.0. The molecule has 0 bridgehead atoms. The Morgan fingerprint density at radius 1 is 1.31 bits per heavy atom. The van der Waals surface area contributed by atoms with Crippen LogP contribution in [-0.2, 0) is 4.74 Å². The van der Waals surface area contributed by atoms with Gasteiger partial charge in [0.1, 0.15) is 29.0 Å². The zero-order chi connectivity index (χ0) is 18.7. The fraction of sp³-hybridized carbons (Fsp3) is 0.0625. The number of ether oxygens (including phenoxy) is 1. The van der Waals surface area contributed by atoms with Crippen LogP contribution < -0.4 is 11.2 Å². The summed E-state index contributed by atoms with van der Waals surface area (Å²) in [5.74, 6) is -1.52. The highest BCUT2D eigenvalue weighted by atomic mass is 32.1. The second-order valence-corrected chi connectivity index (χ2v) is 6.03. The third-order valence-electron chi connectivity index (χ3n) is 3.23. The lowest BCUT2D eigenvalue weighted by molar-refractivity contribution is 0.0495. The van der Waals surface area contributed by atoms with Crippen molar-refractivity contribution in [2.75, 3.05) is 6.61 Å². The van der Waals surface area contributed by atoms with Gasteiger partial charge >= 0.3 is 11.7 Å². The molecule has 3 N–H and O–H groups in total. The number of aromatic nitrogens is 3. The molecule has 0 atom stereocenters. The summed E-state index contributed by atoms with van der Waals surface area (Å²) in [4.78, 5) is 42.5. The lowest BCUT2D eigenvalue weighted by atomic mass is 10.2. The van der Waals surface area contributed by atoms with E-state index in [4.69, 9.17) is 4.74 Å². The number of aliphatic hydroxyl groups is 1. The molecule has 0 aliphatic heterocycles. The molecule has 26 heavy (non-hydrogen) atoms. The Kier molecular flexibility index (Phi) is 4.64. The minimum Gasteiger partial charge on any atom is -0.507 e. The topological polar surface area (TPSA) is 149 Å². The van der Waals surface area contributed by atoms with E-state index in [1.165, 1.54) is 11.3 Å². The van der Waals surface area contributed by atoms with E-state index < -0.39 is 29.6 Å². The molecule has 1 aromatic carbocycles. The van der Waals surface area contributed by atoms with E-state index in [2.05, 4.69) is 9.97 Å². The number of thiazole rings is 1. The average Bonchev–Trinajstić information content (AvgIpc) is 3.03. The molecule has 2 aromatic heterocycles. The number of carbonyl (C=O) groups excluding carboxylic acids is 1. The molecule has 0 fully saturated rings. The second-order valence-electron chi connectivity index (χ2n) is 5.00.